The van der Waals surface area contributed by atoms with Crippen molar-refractivity contribution in [1.29, 1.82) is 0 Å². The van der Waals surface area contributed by atoms with E-state index in [1.54, 1.807) is 0 Å². The molecule has 0 aliphatic carbocycles. The minimum atomic E-state index is 0.312. The zero-order valence-electron chi connectivity index (χ0n) is 51.7. The van der Waals surface area contributed by atoms with Crippen LogP contribution in [0.1, 0.15) is 0 Å². The average Bonchev–Trinajstić information content (AvgIpc) is 3.53. The molecule has 0 aromatic heterocycles. The van der Waals surface area contributed by atoms with Gasteiger partial charge in [-0.25, -0.2) is 0 Å². The van der Waals surface area contributed by atoms with Gasteiger partial charge in [0.15, 0.2) is 0 Å². The first kappa shape index (κ1) is 83.6. The molecule has 510 valence electrons. The van der Waals surface area contributed by atoms with Gasteiger partial charge in [0.2, 0.25) is 0 Å². The highest BCUT2D eigenvalue weighted by Crippen LogP contribution is 1.95. The van der Waals surface area contributed by atoms with Crippen molar-refractivity contribution in [3.8, 4) is 0 Å². The fraction of sp³-hybridized carbons (Fsp3) is 1.00. The highest BCUT2D eigenvalue weighted by atomic mass is 16.6. The maximum Gasteiger partial charge on any atom is 0.0701 e. The quantitative estimate of drug-likeness (QED) is 0.0388. The molecule has 0 aromatic rings. The van der Waals surface area contributed by atoms with E-state index in [4.69, 9.17) is 130 Å². The second-order valence-electron chi connectivity index (χ2n) is 17.2. The highest BCUT2D eigenvalue weighted by molar-refractivity contribution is 4.58. The molecule has 0 rings (SSSR count). The lowest BCUT2D eigenvalue weighted by Gasteiger charge is -2.22. The van der Waals surface area contributed by atoms with Crippen LogP contribution in [0.25, 0.3) is 20.9 Å². The third-order valence-corrected chi connectivity index (χ3v) is 10.5. The van der Waals surface area contributed by atoms with E-state index >= 15 is 0 Å². The molecule has 0 atom stereocenters. The number of hydrogen-bond donors (Lipinski definition) is 1. The van der Waals surface area contributed by atoms with Crippen LogP contribution in [0.2, 0.25) is 0 Å². The van der Waals surface area contributed by atoms with Gasteiger partial charge in [-0.1, -0.05) is 10.2 Å². The largest absolute Gasteiger partial charge is 0.379 e. The van der Waals surface area contributed by atoms with Crippen LogP contribution in [-0.2, 0) is 114 Å². The fourth-order valence-electron chi connectivity index (χ4n) is 6.22. The summed E-state index contributed by atoms with van der Waals surface area (Å²) in [6.07, 6.45) is 0. The Morgan fingerprint density at radius 3 is 0.465 bits per heavy atom. The zero-order chi connectivity index (χ0) is 61.6. The summed E-state index contributed by atoms with van der Waals surface area (Å²) in [5.74, 6) is 0. The Kier molecular flexibility index (Phi) is 78.3. The van der Waals surface area contributed by atoms with E-state index < -0.39 is 0 Å². The topological polar surface area (TPSA) is 348 Å². The summed E-state index contributed by atoms with van der Waals surface area (Å²) < 4.78 is 133. The summed E-state index contributed by atoms with van der Waals surface area (Å²) in [7, 11) is 0. The molecule has 0 amide bonds. The molecule has 0 heterocycles. The van der Waals surface area contributed by atoms with Crippen molar-refractivity contribution in [2.75, 3.05) is 356 Å². The molecule has 0 radical (unpaired) electrons. The Balaban J connectivity index is 4.01. The number of nitrogens with zero attached hydrogens (tertiary/aromatic N) is 7. The molecule has 86 heavy (non-hydrogen) atoms. The molecule has 0 saturated heterocycles. The molecule has 0 spiro atoms. The first-order valence-electron chi connectivity index (χ1n) is 30.1. The van der Waals surface area contributed by atoms with Crippen LogP contribution in [-0.4, -0.2) is 361 Å². The standard InChI is InChI=1S/C54H110N8O24/c55-1-7-63-13-19-69-25-31-75-37-43-81-49-52-84-46-40-78-34-28-72-22-16-66-10-4-62(5-11-67-17-23-73-29-35-79-41-47-85-53-50-82-44-38-76-32-26-70-20-14-64-8-2-58-60-56)6-12-68-18-24-74-30-36-80-42-48-86-54-51-83-45-39-77-33-27-71-21-15-65-9-3-59-61-57/h1-55H2. The molecular weight excluding hydrogens is 1140 g/mol. The van der Waals surface area contributed by atoms with Crippen molar-refractivity contribution in [3.63, 3.8) is 0 Å². The molecule has 2 N–H and O–H groups in total. The van der Waals surface area contributed by atoms with Crippen molar-refractivity contribution in [1.82, 2.24) is 4.90 Å². The van der Waals surface area contributed by atoms with Crippen LogP contribution in [0, 0.1) is 0 Å². The van der Waals surface area contributed by atoms with Gasteiger partial charge in [0, 0.05) is 49.1 Å². The van der Waals surface area contributed by atoms with Gasteiger partial charge in [0.05, 0.1) is 317 Å². The van der Waals surface area contributed by atoms with Crippen LogP contribution in [0.3, 0.4) is 0 Å². The van der Waals surface area contributed by atoms with Crippen LogP contribution in [0.4, 0.5) is 0 Å². The molecule has 0 aliphatic heterocycles. The van der Waals surface area contributed by atoms with Crippen molar-refractivity contribution in [2.45, 2.75) is 0 Å². The molecule has 32 heteroatoms. The van der Waals surface area contributed by atoms with Gasteiger partial charge in [0.25, 0.3) is 0 Å². The van der Waals surface area contributed by atoms with Crippen LogP contribution >= 0.6 is 0 Å². The summed E-state index contributed by atoms with van der Waals surface area (Å²) in [6, 6.07) is 0. The zero-order valence-corrected chi connectivity index (χ0v) is 51.7. The Bertz CT molecular complexity index is 1300. The lowest BCUT2D eigenvalue weighted by atomic mass is 10.4. The van der Waals surface area contributed by atoms with Gasteiger partial charge in [-0.05, 0) is 11.1 Å². The summed E-state index contributed by atoms with van der Waals surface area (Å²) in [5, 5.41) is 6.78. The SMILES string of the molecule is [N-]=[N+]=NCCOCCOCCOCCOCCOCCOCCOCCOCCN(CCOCCOCCOCCOCCOCCOCCOCCOCCN)CCOCCOCCOCCOCCOCCOCCOCCOCCN=[N+]=[N-]. The summed E-state index contributed by atoms with van der Waals surface area (Å²) >= 11 is 0. The molecule has 0 aromatic carbocycles. The number of rotatable bonds is 80. The average molecular weight is 1260 g/mol. The summed E-state index contributed by atoms with van der Waals surface area (Å²) in [5.41, 5.74) is 21.8. The number of nitrogens with two attached hydrogens (primary N) is 1. The van der Waals surface area contributed by atoms with E-state index in [1.165, 1.54) is 0 Å². The van der Waals surface area contributed by atoms with Gasteiger partial charge in [0.1, 0.15) is 0 Å². The van der Waals surface area contributed by atoms with E-state index in [9.17, 15) is 0 Å². The van der Waals surface area contributed by atoms with Crippen molar-refractivity contribution < 1.29 is 114 Å². The predicted molar refractivity (Wildman–Crippen MR) is 313 cm³/mol. The maximum absolute atomic E-state index is 8.21. The Hall–Kier alpha value is -2.42. The predicted octanol–water partition coefficient (Wildman–Crippen LogP) is 1.27. The minimum Gasteiger partial charge on any atom is -0.379 e. The molecule has 32 nitrogen and oxygen atoms in total. The highest BCUT2D eigenvalue weighted by Gasteiger charge is 2.07. The van der Waals surface area contributed by atoms with Gasteiger partial charge in [-0.2, -0.15) is 0 Å². The van der Waals surface area contributed by atoms with Crippen molar-refractivity contribution in [3.05, 3.63) is 20.9 Å². The molecule has 0 saturated carbocycles. The van der Waals surface area contributed by atoms with Crippen LogP contribution < -0.4 is 5.73 Å². The van der Waals surface area contributed by atoms with E-state index in [2.05, 4.69) is 25.0 Å². The normalized spacial score (nSPS) is 11.6. The molecular formula is C54H110N8O24. The van der Waals surface area contributed by atoms with Crippen LogP contribution in [0.15, 0.2) is 10.2 Å². The van der Waals surface area contributed by atoms with Crippen molar-refractivity contribution in [2.24, 2.45) is 16.0 Å². The van der Waals surface area contributed by atoms with Crippen LogP contribution in [0.5, 0.6) is 0 Å². The summed E-state index contributed by atoms with van der Waals surface area (Å²) in [4.78, 5) is 7.56. The lowest BCUT2D eigenvalue weighted by molar-refractivity contribution is -0.0260. The maximum atomic E-state index is 8.21. The molecule has 0 unspecified atom stereocenters. The first-order chi connectivity index (χ1) is 42.8. The van der Waals surface area contributed by atoms with Gasteiger partial charge in [-0.15, -0.1) is 0 Å². The van der Waals surface area contributed by atoms with Gasteiger partial charge in [-0.3, -0.25) is 4.90 Å². The number of azide groups is 2. The lowest BCUT2D eigenvalue weighted by Crippen LogP contribution is -2.34. The van der Waals surface area contributed by atoms with E-state index in [0.717, 1.165) is 0 Å². The molecule has 0 bridgehead atoms. The monoisotopic (exact) mass is 1250 g/mol. The first-order valence-corrected chi connectivity index (χ1v) is 30.1. The summed E-state index contributed by atoms with van der Waals surface area (Å²) in [6.45, 7) is 25.9. The van der Waals surface area contributed by atoms with E-state index in [0.29, 0.717) is 356 Å². The number of ether oxygens (including phenoxy) is 24. The second-order valence-corrected chi connectivity index (χ2v) is 17.2. The number of hydrogen-bond acceptors (Lipinski definition) is 28. The second kappa shape index (κ2) is 80.6. The third-order valence-electron chi connectivity index (χ3n) is 10.5. The smallest absolute Gasteiger partial charge is 0.0701 e. The van der Waals surface area contributed by atoms with Crippen molar-refractivity contribution >= 4 is 0 Å². The third kappa shape index (κ3) is 77.7. The Morgan fingerprint density at radius 2 is 0.326 bits per heavy atom. The van der Waals surface area contributed by atoms with Gasteiger partial charge < -0.3 is 119 Å². The van der Waals surface area contributed by atoms with E-state index in [1.807, 2.05) is 0 Å². The van der Waals surface area contributed by atoms with E-state index in [-0.39, 0.29) is 0 Å². The Labute approximate surface area is 510 Å². The molecule has 0 aliphatic rings. The fourth-order valence-corrected chi connectivity index (χ4v) is 6.22. The minimum absolute atomic E-state index is 0.312. The van der Waals surface area contributed by atoms with Gasteiger partial charge >= 0.3 is 0 Å². The molecule has 0 fully saturated rings. The Morgan fingerprint density at radius 1 is 0.198 bits per heavy atom.